The Bertz CT molecular complexity index is 1120. The van der Waals surface area contributed by atoms with E-state index in [9.17, 15) is 13.2 Å². The zero-order valence-electron chi connectivity index (χ0n) is 17.2. The Hall–Kier alpha value is -2.43. The van der Waals surface area contributed by atoms with E-state index < -0.39 is 16.1 Å². The number of benzene rings is 3. The van der Waals surface area contributed by atoms with Crippen molar-refractivity contribution in [3.63, 3.8) is 0 Å². The number of carbonyl (C=O) groups excluding carboxylic acids is 1. The van der Waals surface area contributed by atoms with Crippen LogP contribution in [0.3, 0.4) is 0 Å². The predicted molar refractivity (Wildman–Crippen MR) is 130 cm³/mol. The molecule has 0 spiro atoms. The summed E-state index contributed by atoms with van der Waals surface area (Å²) in [5, 5.41) is 2.85. The largest absolute Gasteiger partial charge is 0.497 e. The third-order valence-corrected chi connectivity index (χ3v) is 7.47. The molecule has 3 aromatic carbocycles. The van der Waals surface area contributed by atoms with Crippen molar-refractivity contribution in [3.8, 4) is 5.75 Å². The van der Waals surface area contributed by atoms with Crippen LogP contribution in [0.25, 0.3) is 0 Å². The van der Waals surface area contributed by atoms with Crippen LogP contribution in [0.15, 0.2) is 83.8 Å². The van der Waals surface area contributed by atoms with Crippen molar-refractivity contribution < 1.29 is 17.9 Å². The third kappa shape index (κ3) is 5.84. The zero-order chi connectivity index (χ0) is 22.4. The number of methoxy groups -OCH3 is 1. The topological polar surface area (TPSA) is 75.7 Å². The smallest absolute Gasteiger partial charge is 0.243 e. The minimum Gasteiger partial charge on any atom is -0.497 e. The highest BCUT2D eigenvalue weighted by molar-refractivity contribution is 14.1. The van der Waals surface area contributed by atoms with Crippen LogP contribution in [0.5, 0.6) is 5.75 Å². The molecule has 6 nitrogen and oxygen atoms in total. The lowest BCUT2D eigenvalue weighted by Gasteiger charge is -2.28. The highest BCUT2D eigenvalue weighted by atomic mass is 127. The minimum absolute atomic E-state index is 0.0408. The molecule has 1 atom stereocenters. The molecule has 0 aliphatic heterocycles. The molecule has 1 N–H and O–H groups in total. The number of nitrogens with one attached hydrogen (secondary N) is 1. The van der Waals surface area contributed by atoms with Crippen LogP contribution in [0.2, 0.25) is 0 Å². The van der Waals surface area contributed by atoms with E-state index in [1.54, 1.807) is 61.7 Å². The van der Waals surface area contributed by atoms with Crippen molar-refractivity contribution in [3.05, 3.63) is 88.0 Å². The molecule has 162 valence electrons. The van der Waals surface area contributed by atoms with E-state index in [1.165, 1.54) is 11.4 Å². The van der Waals surface area contributed by atoms with E-state index in [0.717, 1.165) is 3.57 Å². The Kier molecular flexibility index (Phi) is 7.69. The second-order valence-corrected chi connectivity index (χ2v) is 10.1. The number of anilines is 1. The van der Waals surface area contributed by atoms with Gasteiger partial charge in [-0.25, -0.2) is 8.42 Å². The summed E-state index contributed by atoms with van der Waals surface area (Å²) in [6.45, 7) is 0. The molecule has 0 fully saturated rings. The number of hydrogen-bond acceptors (Lipinski definition) is 4. The van der Waals surface area contributed by atoms with E-state index in [4.69, 9.17) is 4.74 Å². The zero-order valence-corrected chi connectivity index (χ0v) is 20.1. The van der Waals surface area contributed by atoms with Gasteiger partial charge in [0.05, 0.1) is 18.0 Å². The molecule has 0 radical (unpaired) electrons. The number of nitrogens with zero attached hydrogens (tertiary/aromatic N) is 1. The molecule has 0 saturated heterocycles. The van der Waals surface area contributed by atoms with E-state index >= 15 is 0 Å². The van der Waals surface area contributed by atoms with Crippen LogP contribution in [0.1, 0.15) is 18.0 Å². The van der Waals surface area contributed by atoms with Crippen LogP contribution < -0.4 is 10.1 Å². The maximum atomic E-state index is 13.2. The van der Waals surface area contributed by atoms with Crippen molar-refractivity contribution in [1.29, 1.82) is 0 Å². The van der Waals surface area contributed by atoms with Crippen LogP contribution in [-0.2, 0) is 14.8 Å². The molecule has 0 heterocycles. The Morgan fingerprint density at radius 1 is 1.00 bits per heavy atom. The normalized spacial score (nSPS) is 12.4. The van der Waals surface area contributed by atoms with Crippen LogP contribution in [0.4, 0.5) is 5.69 Å². The summed E-state index contributed by atoms with van der Waals surface area (Å²) in [7, 11) is -0.747. The Labute approximate surface area is 196 Å². The van der Waals surface area contributed by atoms with Gasteiger partial charge in [-0.3, -0.25) is 4.79 Å². The van der Waals surface area contributed by atoms with Gasteiger partial charge in [-0.2, -0.15) is 4.31 Å². The van der Waals surface area contributed by atoms with Gasteiger partial charge in [0.15, 0.2) is 0 Å². The average molecular weight is 550 g/mol. The molecule has 31 heavy (non-hydrogen) atoms. The summed E-state index contributed by atoms with van der Waals surface area (Å²) in [6.07, 6.45) is -0.0408. The molecular formula is C23H23IN2O4S. The van der Waals surface area contributed by atoms with Gasteiger partial charge in [-0.15, -0.1) is 0 Å². The summed E-state index contributed by atoms with van der Waals surface area (Å²) < 4.78 is 33.9. The molecule has 0 aromatic heterocycles. The summed E-state index contributed by atoms with van der Waals surface area (Å²) in [5.41, 5.74) is 1.35. The second-order valence-electron chi connectivity index (χ2n) is 6.88. The lowest BCUT2D eigenvalue weighted by Crippen LogP contribution is -2.33. The Morgan fingerprint density at radius 2 is 1.61 bits per heavy atom. The van der Waals surface area contributed by atoms with Gasteiger partial charge in [0.1, 0.15) is 5.75 Å². The first-order valence-electron chi connectivity index (χ1n) is 9.53. The fourth-order valence-electron chi connectivity index (χ4n) is 3.13. The summed E-state index contributed by atoms with van der Waals surface area (Å²) >= 11 is 2.19. The lowest BCUT2D eigenvalue weighted by atomic mass is 10.0. The highest BCUT2D eigenvalue weighted by Crippen LogP contribution is 2.30. The lowest BCUT2D eigenvalue weighted by molar-refractivity contribution is -0.117. The fourth-order valence-corrected chi connectivity index (χ4v) is 4.85. The first-order valence-corrected chi connectivity index (χ1v) is 12.1. The number of halogens is 1. The first kappa shape index (κ1) is 23.2. The number of sulfonamides is 1. The van der Waals surface area contributed by atoms with Crippen molar-refractivity contribution in [2.24, 2.45) is 0 Å². The molecule has 0 aliphatic carbocycles. The maximum absolute atomic E-state index is 13.2. The maximum Gasteiger partial charge on any atom is 0.243 e. The third-order valence-electron chi connectivity index (χ3n) is 4.87. The van der Waals surface area contributed by atoms with Gasteiger partial charge in [-0.1, -0.05) is 30.3 Å². The van der Waals surface area contributed by atoms with Gasteiger partial charge in [0.25, 0.3) is 0 Å². The predicted octanol–water partition coefficient (Wildman–Crippen LogP) is 4.69. The quantitative estimate of drug-likeness (QED) is 0.413. The second kappa shape index (κ2) is 10.3. The van der Waals surface area contributed by atoms with Gasteiger partial charge in [0.2, 0.25) is 15.9 Å². The number of carbonyl (C=O) groups is 1. The first-order chi connectivity index (χ1) is 14.8. The van der Waals surface area contributed by atoms with Crippen molar-refractivity contribution in [2.75, 3.05) is 19.5 Å². The summed E-state index contributed by atoms with van der Waals surface area (Å²) in [4.78, 5) is 13.0. The molecule has 0 aliphatic rings. The summed E-state index contributed by atoms with van der Waals surface area (Å²) in [5.74, 6) is 0.372. The standard InChI is InChI=1S/C23H23IN2O4S/c1-26(31(28,29)21-6-4-3-5-7-21)22(17-8-14-20(30-2)15-9-17)16-23(27)25-19-12-10-18(24)11-13-19/h3-15,22H,16H2,1-2H3,(H,25,27)/t22-/m0/s1. The van der Waals surface area contributed by atoms with Gasteiger partial charge >= 0.3 is 0 Å². The molecule has 3 rings (SSSR count). The van der Waals surface area contributed by atoms with Gasteiger partial charge < -0.3 is 10.1 Å². The van der Waals surface area contributed by atoms with E-state index in [-0.39, 0.29) is 17.2 Å². The highest BCUT2D eigenvalue weighted by Gasteiger charge is 2.30. The van der Waals surface area contributed by atoms with Crippen LogP contribution in [-0.4, -0.2) is 32.8 Å². The number of rotatable bonds is 8. The molecular weight excluding hydrogens is 527 g/mol. The van der Waals surface area contributed by atoms with E-state index in [2.05, 4.69) is 27.9 Å². The minimum atomic E-state index is -3.81. The SMILES string of the molecule is COc1ccc([C@H](CC(=O)Nc2ccc(I)cc2)N(C)S(=O)(=O)c2ccccc2)cc1. The average Bonchev–Trinajstić information content (AvgIpc) is 2.79. The Morgan fingerprint density at radius 3 is 2.19 bits per heavy atom. The fraction of sp³-hybridized carbons (Fsp3) is 0.174. The van der Waals surface area contributed by atoms with Crippen LogP contribution >= 0.6 is 22.6 Å². The van der Waals surface area contributed by atoms with Crippen molar-refractivity contribution >= 4 is 44.2 Å². The molecule has 0 saturated carbocycles. The molecule has 0 unspecified atom stereocenters. The van der Waals surface area contributed by atoms with Gasteiger partial charge in [0, 0.05) is 22.7 Å². The van der Waals surface area contributed by atoms with E-state index in [1.807, 2.05) is 24.3 Å². The Balaban J connectivity index is 1.90. The molecule has 3 aromatic rings. The molecule has 0 bridgehead atoms. The monoisotopic (exact) mass is 550 g/mol. The number of amides is 1. The number of hydrogen-bond donors (Lipinski definition) is 1. The molecule has 8 heteroatoms. The molecule has 1 amide bonds. The van der Waals surface area contributed by atoms with E-state index in [0.29, 0.717) is 17.0 Å². The van der Waals surface area contributed by atoms with Crippen molar-refractivity contribution in [1.82, 2.24) is 4.31 Å². The number of ether oxygens (including phenoxy) is 1. The summed E-state index contributed by atoms with van der Waals surface area (Å²) in [6, 6.07) is 22.0. The van der Waals surface area contributed by atoms with Crippen molar-refractivity contribution in [2.45, 2.75) is 17.4 Å². The van der Waals surface area contributed by atoms with Crippen LogP contribution in [0, 0.1) is 3.57 Å². The van der Waals surface area contributed by atoms with Gasteiger partial charge in [-0.05, 0) is 76.7 Å².